The molecule has 94 valence electrons. The Morgan fingerprint density at radius 3 is 2.61 bits per heavy atom. The van der Waals surface area contributed by atoms with Gasteiger partial charge in [0, 0.05) is 34.7 Å². The lowest BCUT2D eigenvalue weighted by Gasteiger charge is -2.12. The lowest BCUT2D eigenvalue weighted by atomic mass is 10.1. The number of benzene rings is 1. The second kappa shape index (κ2) is 5.40. The van der Waals surface area contributed by atoms with Gasteiger partial charge in [0.25, 0.3) is 0 Å². The van der Waals surface area contributed by atoms with Gasteiger partial charge in [-0.05, 0) is 37.1 Å². The van der Waals surface area contributed by atoms with Gasteiger partial charge in [-0.1, -0.05) is 22.5 Å². The molecule has 0 saturated carbocycles. The zero-order valence-electron chi connectivity index (χ0n) is 10.6. The van der Waals surface area contributed by atoms with E-state index >= 15 is 0 Å². The van der Waals surface area contributed by atoms with Crippen molar-refractivity contribution in [1.29, 1.82) is 0 Å². The quantitative estimate of drug-likeness (QED) is 0.926. The zero-order chi connectivity index (χ0) is 13.1. The Morgan fingerprint density at radius 1 is 1.39 bits per heavy atom. The zero-order valence-corrected chi connectivity index (χ0v) is 12.2. The standard InChI is InChI=1S/C14H16BrN3/c1-4-18-9-12(8-17-18)7-16-14-10(2)5-13(15)6-11(14)3/h4-6,8-9,16H,1,7H2,2-3H3. The smallest absolute Gasteiger partial charge is 0.0543 e. The van der Waals surface area contributed by atoms with Gasteiger partial charge in [0.05, 0.1) is 6.20 Å². The van der Waals surface area contributed by atoms with Gasteiger partial charge < -0.3 is 5.32 Å². The van der Waals surface area contributed by atoms with Crippen LogP contribution in [-0.2, 0) is 6.54 Å². The van der Waals surface area contributed by atoms with Crippen molar-refractivity contribution >= 4 is 27.8 Å². The topological polar surface area (TPSA) is 29.9 Å². The fourth-order valence-corrected chi connectivity index (χ4v) is 2.64. The number of hydrogen-bond donors (Lipinski definition) is 1. The summed E-state index contributed by atoms with van der Waals surface area (Å²) in [5.74, 6) is 0. The molecule has 18 heavy (non-hydrogen) atoms. The summed E-state index contributed by atoms with van der Waals surface area (Å²) >= 11 is 3.50. The summed E-state index contributed by atoms with van der Waals surface area (Å²) in [4.78, 5) is 0. The van der Waals surface area contributed by atoms with Crippen LogP contribution in [0.4, 0.5) is 5.69 Å². The summed E-state index contributed by atoms with van der Waals surface area (Å²) in [6.07, 6.45) is 5.49. The molecule has 0 radical (unpaired) electrons. The van der Waals surface area contributed by atoms with Crippen LogP contribution in [0.2, 0.25) is 0 Å². The fourth-order valence-electron chi connectivity index (χ4n) is 1.95. The maximum absolute atomic E-state index is 4.16. The summed E-state index contributed by atoms with van der Waals surface area (Å²) in [7, 11) is 0. The highest BCUT2D eigenvalue weighted by Gasteiger charge is 2.04. The van der Waals surface area contributed by atoms with E-state index in [0.29, 0.717) is 0 Å². The lowest BCUT2D eigenvalue weighted by Crippen LogP contribution is -2.02. The van der Waals surface area contributed by atoms with Gasteiger partial charge in [-0.3, -0.25) is 0 Å². The SMILES string of the molecule is C=Cn1cc(CNc2c(C)cc(Br)cc2C)cn1. The lowest BCUT2D eigenvalue weighted by molar-refractivity contribution is 0.936. The maximum atomic E-state index is 4.16. The van der Waals surface area contributed by atoms with Crippen LogP contribution in [0.25, 0.3) is 6.20 Å². The molecule has 0 aliphatic rings. The van der Waals surface area contributed by atoms with Crippen LogP contribution in [0.5, 0.6) is 0 Å². The number of halogens is 1. The fraction of sp³-hybridized carbons (Fsp3) is 0.214. The Hall–Kier alpha value is -1.55. The van der Waals surface area contributed by atoms with Crippen LogP contribution in [0.15, 0.2) is 35.6 Å². The molecule has 4 heteroatoms. The van der Waals surface area contributed by atoms with Crippen molar-refractivity contribution in [2.45, 2.75) is 20.4 Å². The Bertz CT molecular complexity index is 549. The van der Waals surface area contributed by atoms with Gasteiger partial charge in [0.1, 0.15) is 0 Å². The van der Waals surface area contributed by atoms with Crippen molar-refractivity contribution in [3.63, 3.8) is 0 Å². The molecular weight excluding hydrogens is 290 g/mol. The highest BCUT2D eigenvalue weighted by molar-refractivity contribution is 9.10. The van der Waals surface area contributed by atoms with Crippen LogP contribution >= 0.6 is 15.9 Å². The van der Waals surface area contributed by atoms with E-state index in [2.05, 4.69) is 58.9 Å². The first-order valence-electron chi connectivity index (χ1n) is 5.76. The van der Waals surface area contributed by atoms with Crippen molar-refractivity contribution in [2.24, 2.45) is 0 Å². The Balaban J connectivity index is 2.12. The summed E-state index contributed by atoms with van der Waals surface area (Å²) in [6.45, 7) is 8.65. The minimum absolute atomic E-state index is 0.761. The van der Waals surface area contributed by atoms with E-state index in [1.807, 2.05) is 12.4 Å². The van der Waals surface area contributed by atoms with Crippen molar-refractivity contribution in [2.75, 3.05) is 5.32 Å². The molecule has 1 aromatic carbocycles. The third-order valence-corrected chi connectivity index (χ3v) is 3.27. The van der Waals surface area contributed by atoms with Crippen LogP contribution in [-0.4, -0.2) is 9.78 Å². The molecule has 0 aliphatic heterocycles. The van der Waals surface area contributed by atoms with Crippen molar-refractivity contribution < 1.29 is 0 Å². The minimum Gasteiger partial charge on any atom is -0.380 e. The van der Waals surface area contributed by atoms with Gasteiger partial charge in [-0.15, -0.1) is 0 Å². The molecule has 0 aliphatic carbocycles. The van der Waals surface area contributed by atoms with E-state index in [4.69, 9.17) is 0 Å². The average molecular weight is 306 g/mol. The Morgan fingerprint density at radius 2 is 2.06 bits per heavy atom. The van der Waals surface area contributed by atoms with Crippen molar-refractivity contribution in [3.8, 4) is 0 Å². The molecule has 0 saturated heterocycles. The molecule has 1 N–H and O–H groups in total. The molecule has 1 aromatic heterocycles. The number of aromatic nitrogens is 2. The van der Waals surface area contributed by atoms with E-state index in [1.165, 1.54) is 16.8 Å². The number of rotatable bonds is 4. The van der Waals surface area contributed by atoms with Crippen LogP contribution in [0, 0.1) is 13.8 Å². The third kappa shape index (κ3) is 2.82. The van der Waals surface area contributed by atoms with E-state index in [1.54, 1.807) is 10.9 Å². The number of nitrogens with one attached hydrogen (secondary N) is 1. The van der Waals surface area contributed by atoms with E-state index in [9.17, 15) is 0 Å². The summed E-state index contributed by atoms with van der Waals surface area (Å²) in [6, 6.07) is 4.23. The average Bonchev–Trinajstić information content (AvgIpc) is 2.75. The van der Waals surface area contributed by atoms with E-state index in [-0.39, 0.29) is 0 Å². The van der Waals surface area contributed by atoms with Crippen molar-refractivity contribution in [1.82, 2.24) is 9.78 Å². The highest BCUT2D eigenvalue weighted by Crippen LogP contribution is 2.25. The molecule has 3 nitrogen and oxygen atoms in total. The first-order valence-corrected chi connectivity index (χ1v) is 6.55. The molecule has 0 bridgehead atoms. The Labute approximate surface area is 116 Å². The number of anilines is 1. The summed E-state index contributed by atoms with van der Waals surface area (Å²) < 4.78 is 2.82. The molecule has 0 unspecified atom stereocenters. The molecule has 2 rings (SSSR count). The van der Waals surface area contributed by atoms with E-state index < -0.39 is 0 Å². The minimum atomic E-state index is 0.761. The number of aryl methyl sites for hydroxylation is 2. The van der Waals surface area contributed by atoms with Crippen molar-refractivity contribution in [3.05, 3.63) is 52.3 Å². The predicted molar refractivity (Wildman–Crippen MR) is 79.6 cm³/mol. The monoisotopic (exact) mass is 305 g/mol. The largest absolute Gasteiger partial charge is 0.380 e. The summed E-state index contributed by atoms with van der Waals surface area (Å²) in [5, 5.41) is 7.61. The molecule has 0 fully saturated rings. The molecular formula is C14H16BrN3. The maximum Gasteiger partial charge on any atom is 0.0543 e. The second-order valence-corrected chi connectivity index (χ2v) is 5.19. The molecule has 0 amide bonds. The summed E-state index contributed by atoms with van der Waals surface area (Å²) in [5.41, 5.74) is 4.79. The van der Waals surface area contributed by atoms with Gasteiger partial charge in [-0.25, -0.2) is 4.68 Å². The van der Waals surface area contributed by atoms with Gasteiger partial charge in [0.15, 0.2) is 0 Å². The van der Waals surface area contributed by atoms with Crippen LogP contribution < -0.4 is 5.32 Å². The van der Waals surface area contributed by atoms with Gasteiger partial charge in [0.2, 0.25) is 0 Å². The van der Waals surface area contributed by atoms with Gasteiger partial charge >= 0.3 is 0 Å². The highest BCUT2D eigenvalue weighted by atomic mass is 79.9. The van der Waals surface area contributed by atoms with E-state index in [0.717, 1.165) is 16.6 Å². The first-order chi connectivity index (χ1) is 8.60. The van der Waals surface area contributed by atoms with Gasteiger partial charge in [-0.2, -0.15) is 5.10 Å². The Kier molecular flexibility index (Phi) is 3.87. The third-order valence-electron chi connectivity index (χ3n) is 2.81. The van der Waals surface area contributed by atoms with Crippen LogP contribution in [0.3, 0.4) is 0 Å². The molecule has 0 spiro atoms. The first kappa shape index (κ1) is 12.9. The molecule has 1 heterocycles. The normalized spacial score (nSPS) is 10.4. The molecule has 0 atom stereocenters. The number of hydrogen-bond acceptors (Lipinski definition) is 2. The molecule has 2 aromatic rings. The predicted octanol–water partition coefficient (Wildman–Crippen LogP) is 3.98. The second-order valence-electron chi connectivity index (χ2n) is 4.28. The number of nitrogens with zero attached hydrogens (tertiary/aromatic N) is 2. The van der Waals surface area contributed by atoms with Crippen LogP contribution in [0.1, 0.15) is 16.7 Å².